The quantitative estimate of drug-likeness (QED) is 0.918. The van der Waals surface area contributed by atoms with Crippen LogP contribution >= 0.6 is 0 Å². The lowest BCUT2D eigenvalue weighted by molar-refractivity contribution is 0.384. The molecule has 0 saturated heterocycles. The molecule has 0 amide bonds. The largest absolute Gasteiger partial charge is 0.357 e. The number of fused-ring (bicyclic) bond motifs is 1. The summed E-state index contributed by atoms with van der Waals surface area (Å²) >= 11 is 0. The van der Waals surface area contributed by atoms with Crippen LogP contribution in [0.5, 0.6) is 0 Å². The Hall–Kier alpha value is -2.12. The molecule has 0 spiro atoms. The van der Waals surface area contributed by atoms with Crippen LogP contribution in [-0.4, -0.2) is 24.1 Å². The SMILES string of the molecule is CN(c1cc(C#N)c2ccccc2n1)C1CCC(N)CC1. The van der Waals surface area contributed by atoms with Crippen LogP contribution in [-0.2, 0) is 0 Å². The fraction of sp³-hybridized carbons (Fsp3) is 0.412. The average Bonchev–Trinajstić information content (AvgIpc) is 2.53. The molecule has 1 fully saturated rings. The highest BCUT2D eigenvalue weighted by molar-refractivity contribution is 5.86. The van der Waals surface area contributed by atoms with Crippen molar-refractivity contribution in [3.8, 4) is 6.07 Å². The molecule has 1 heterocycles. The molecule has 3 rings (SSSR count). The number of rotatable bonds is 2. The van der Waals surface area contributed by atoms with Crippen LogP contribution in [0.1, 0.15) is 31.2 Å². The molecule has 21 heavy (non-hydrogen) atoms. The van der Waals surface area contributed by atoms with E-state index >= 15 is 0 Å². The highest BCUT2D eigenvalue weighted by Gasteiger charge is 2.23. The smallest absolute Gasteiger partial charge is 0.130 e. The van der Waals surface area contributed by atoms with Gasteiger partial charge in [0.15, 0.2) is 0 Å². The number of hydrogen-bond donors (Lipinski definition) is 1. The van der Waals surface area contributed by atoms with Gasteiger partial charge in [-0.05, 0) is 37.8 Å². The van der Waals surface area contributed by atoms with Gasteiger partial charge in [0, 0.05) is 24.5 Å². The molecule has 1 aromatic carbocycles. The average molecular weight is 280 g/mol. The number of aromatic nitrogens is 1. The molecule has 2 aromatic rings. The third kappa shape index (κ3) is 2.70. The zero-order valence-corrected chi connectivity index (χ0v) is 12.3. The minimum Gasteiger partial charge on any atom is -0.357 e. The summed E-state index contributed by atoms with van der Waals surface area (Å²) < 4.78 is 0. The number of para-hydroxylation sites is 1. The first kappa shape index (κ1) is 13.8. The van der Waals surface area contributed by atoms with E-state index in [-0.39, 0.29) is 0 Å². The summed E-state index contributed by atoms with van der Waals surface area (Å²) in [6, 6.07) is 12.8. The van der Waals surface area contributed by atoms with Crippen LogP contribution in [0.3, 0.4) is 0 Å². The van der Waals surface area contributed by atoms with Crippen LogP contribution < -0.4 is 10.6 Å². The Bertz CT molecular complexity index is 681. The van der Waals surface area contributed by atoms with Gasteiger partial charge in [-0.1, -0.05) is 18.2 Å². The van der Waals surface area contributed by atoms with Gasteiger partial charge in [0.25, 0.3) is 0 Å². The predicted octanol–water partition coefficient (Wildman–Crippen LogP) is 2.81. The van der Waals surface area contributed by atoms with E-state index in [1.54, 1.807) is 0 Å². The van der Waals surface area contributed by atoms with E-state index in [2.05, 4.69) is 18.0 Å². The van der Waals surface area contributed by atoms with Gasteiger partial charge >= 0.3 is 0 Å². The van der Waals surface area contributed by atoms with Gasteiger partial charge in [-0.3, -0.25) is 0 Å². The van der Waals surface area contributed by atoms with Crippen molar-refractivity contribution < 1.29 is 0 Å². The Kier molecular flexibility index (Phi) is 3.76. The first-order valence-corrected chi connectivity index (χ1v) is 7.47. The summed E-state index contributed by atoms with van der Waals surface area (Å²) in [4.78, 5) is 6.93. The minimum absolute atomic E-state index is 0.342. The summed E-state index contributed by atoms with van der Waals surface area (Å²) in [5.41, 5.74) is 7.55. The lowest BCUT2D eigenvalue weighted by Crippen LogP contribution is -2.39. The summed E-state index contributed by atoms with van der Waals surface area (Å²) in [5.74, 6) is 0.880. The Morgan fingerprint density at radius 3 is 2.67 bits per heavy atom. The number of anilines is 1. The second-order valence-corrected chi connectivity index (χ2v) is 5.84. The van der Waals surface area contributed by atoms with Crippen molar-refractivity contribution >= 4 is 16.7 Å². The Morgan fingerprint density at radius 2 is 1.95 bits per heavy atom. The topological polar surface area (TPSA) is 65.9 Å². The highest BCUT2D eigenvalue weighted by atomic mass is 15.2. The maximum Gasteiger partial charge on any atom is 0.130 e. The molecule has 108 valence electrons. The molecule has 4 nitrogen and oxygen atoms in total. The van der Waals surface area contributed by atoms with E-state index in [4.69, 9.17) is 10.7 Å². The van der Waals surface area contributed by atoms with Crippen molar-refractivity contribution in [2.75, 3.05) is 11.9 Å². The van der Waals surface area contributed by atoms with Crippen molar-refractivity contribution in [2.24, 2.45) is 5.73 Å². The van der Waals surface area contributed by atoms with Gasteiger partial charge in [0.05, 0.1) is 17.1 Å². The van der Waals surface area contributed by atoms with Crippen molar-refractivity contribution in [3.63, 3.8) is 0 Å². The van der Waals surface area contributed by atoms with Crippen molar-refractivity contribution in [1.82, 2.24) is 4.98 Å². The van der Waals surface area contributed by atoms with Gasteiger partial charge in [0.2, 0.25) is 0 Å². The van der Waals surface area contributed by atoms with Gasteiger partial charge in [-0.15, -0.1) is 0 Å². The van der Waals surface area contributed by atoms with Crippen LogP contribution in [0, 0.1) is 11.3 Å². The molecule has 1 aliphatic rings. The summed E-state index contributed by atoms with van der Waals surface area (Å²) in [7, 11) is 2.07. The van der Waals surface area contributed by atoms with Crippen LogP contribution in [0.4, 0.5) is 5.82 Å². The monoisotopic (exact) mass is 280 g/mol. The number of pyridine rings is 1. The second-order valence-electron chi connectivity index (χ2n) is 5.84. The van der Waals surface area contributed by atoms with E-state index in [1.807, 2.05) is 30.3 Å². The molecule has 2 N–H and O–H groups in total. The summed E-state index contributed by atoms with van der Waals surface area (Å²) in [6.07, 6.45) is 4.31. The van der Waals surface area contributed by atoms with Crippen LogP contribution in [0.15, 0.2) is 30.3 Å². The second kappa shape index (κ2) is 5.71. The normalized spacial score (nSPS) is 22.0. The van der Waals surface area contributed by atoms with Gasteiger partial charge in [0.1, 0.15) is 5.82 Å². The fourth-order valence-electron chi connectivity index (χ4n) is 3.11. The number of nitrogens with two attached hydrogens (primary N) is 1. The van der Waals surface area contributed by atoms with Crippen LogP contribution in [0.25, 0.3) is 10.9 Å². The molecular weight excluding hydrogens is 260 g/mol. The van der Waals surface area contributed by atoms with E-state index in [0.717, 1.165) is 42.4 Å². The zero-order valence-electron chi connectivity index (χ0n) is 12.3. The number of benzene rings is 1. The van der Waals surface area contributed by atoms with Crippen molar-refractivity contribution in [2.45, 2.75) is 37.8 Å². The van der Waals surface area contributed by atoms with Gasteiger partial charge in [-0.25, -0.2) is 4.98 Å². The molecule has 0 aliphatic heterocycles. The highest BCUT2D eigenvalue weighted by Crippen LogP contribution is 2.27. The molecule has 1 aromatic heterocycles. The molecule has 1 aliphatic carbocycles. The van der Waals surface area contributed by atoms with E-state index in [1.165, 1.54) is 0 Å². The number of hydrogen-bond acceptors (Lipinski definition) is 4. The number of nitrogens with zero attached hydrogens (tertiary/aromatic N) is 3. The van der Waals surface area contributed by atoms with E-state index in [0.29, 0.717) is 17.6 Å². The first-order valence-electron chi connectivity index (χ1n) is 7.47. The molecule has 0 radical (unpaired) electrons. The third-order valence-electron chi connectivity index (χ3n) is 4.47. The zero-order chi connectivity index (χ0) is 14.8. The Morgan fingerprint density at radius 1 is 1.24 bits per heavy atom. The predicted molar refractivity (Wildman–Crippen MR) is 85.1 cm³/mol. The Balaban J connectivity index is 1.95. The summed E-state index contributed by atoms with van der Waals surface area (Å²) in [5, 5.41) is 10.3. The number of nitriles is 1. The molecule has 0 unspecified atom stereocenters. The van der Waals surface area contributed by atoms with Gasteiger partial charge in [-0.2, -0.15) is 5.26 Å². The van der Waals surface area contributed by atoms with Crippen LogP contribution in [0.2, 0.25) is 0 Å². The lowest BCUT2D eigenvalue weighted by Gasteiger charge is -2.34. The molecule has 0 bridgehead atoms. The van der Waals surface area contributed by atoms with Crippen molar-refractivity contribution in [3.05, 3.63) is 35.9 Å². The Labute approximate surface area is 125 Å². The molecular formula is C17H20N4. The standard InChI is InChI=1S/C17H20N4/c1-21(14-8-6-13(19)7-9-14)17-10-12(11-18)15-4-2-3-5-16(15)20-17/h2-5,10,13-14H,6-9,19H2,1H3. The molecule has 4 heteroatoms. The minimum atomic E-state index is 0.342. The maximum absolute atomic E-state index is 9.37. The maximum atomic E-state index is 9.37. The molecule has 0 atom stereocenters. The fourth-order valence-corrected chi connectivity index (χ4v) is 3.11. The lowest BCUT2D eigenvalue weighted by atomic mass is 9.91. The van der Waals surface area contributed by atoms with E-state index in [9.17, 15) is 5.26 Å². The summed E-state index contributed by atoms with van der Waals surface area (Å²) in [6.45, 7) is 0. The van der Waals surface area contributed by atoms with Gasteiger partial charge < -0.3 is 10.6 Å². The third-order valence-corrected chi connectivity index (χ3v) is 4.47. The molecule has 1 saturated carbocycles. The first-order chi connectivity index (χ1) is 10.2. The van der Waals surface area contributed by atoms with E-state index < -0.39 is 0 Å². The van der Waals surface area contributed by atoms with Crippen molar-refractivity contribution in [1.29, 1.82) is 5.26 Å².